The highest BCUT2D eigenvalue weighted by Crippen LogP contribution is 2.26. The minimum absolute atomic E-state index is 0.314. The molecule has 0 unspecified atom stereocenters. The topological polar surface area (TPSA) is 62.3 Å². The van der Waals surface area contributed by atoms with Crippen molar-refractivity contribution in [1.29, 1.82) is 0 Å². The second kappa shape index (κ2) is 6.87. The normalized spacial score (nSPS) is 12.0. The monoisotopic (exact) mass is 339 g/mol. The Labute approximate surface area is 136 Å². The molecule has 0 fully saturated rings. The number of sulfonamides is 1. The Bertz CT molecular complexity index is 752. The van der Waals surface area contributed by atoms with Crippen molar-refractivity contribution in [3.8, 4) is 11.3 Å². The fourth-order valence-corrected chi connectivity index (χ4v) is 3.94. The molecule has 2 aromatic rings. The van der Waals surface area contributed by atoms with E-state index in [9.17, 15) is 8.42 Å². The molecule has 1 heterocycles. The molecule has 120 valence electrons. The van der Waals surface area contributed by atoms with Gasteiger partial charge in [-0.2, -0.15) is 0 Å². The molecule has 0 amide bonds. The van der Waals surface area contributed by atoms with E-state index in [2.05, 4.69) is 9.71 Å². The van der Waals surface area contributed by atoms with Gasteiger partial charge in [0, 0.05) is 24.0 Å². The molecule has 2 rings (SSSR count). The molecule has 0 saturated carbocycles. The van der Waals surface area contributed by atoms with Crippen molar-refractivity contribution >= 4 is 21.4 Å². The fourth-order valence-electron chi connectivity index (χ4n) is 2.03. The summed E-state index contributed by atoms with van der Waals surface area (Å²) in [5.74, 6) is 0. The van der Waals surface area contributed by atoms with Crippen LogP contribution in [0.25, 0.3) is 11.3 Å². The van der Waals surface area contributed by atoms with Gasteiger partial charge in [0.15, 0.2) is 0 Å². The zero-order chi connectivity index (χ0) is 16.3. The van der Waals surface area contributed by atoms with Gasteiger partial charge in [0.05, 0.1) is 15.6 Å². The predicted octanol–water partition coefficient (Wildman–Crippen LogP) is 2.27. The van der Waals surface area contributed by atoms with E-state index in [0.29, 0.717) is 18.0 Å². The summed E-state index contributed by atoms with van der Waals surface area (Å²) < 4.78 is 27.6. The first-order valence-electron chi connectivity index (χ1n) is 6.97. The summed E-state index contributed by atoms with van der Waals surface area (Å²) >= 11 is 1.55. The first kappa shape index (κ1) is 17.1. The van der Waals surface area contributed by atoms with Gasteiger partial charge in [-0.3, -0.25) is 0 Å². The molecule has 0 atom stereocenters. The van der Waals surface area contributed by atoms with Crippen LogP contribution in [0, 0.1) is 13.8 Å². The lowest BCUT2D eigenvalue weighted by Gasteiger charge is -2.13. The van der Waals surface area contributed by atoms with Gasteiger partial charge in [-0.15, -0.1) is 11.3 Å². The van der Waals surface area contributed by atoms with E-state index < -0.39 is 10.0 Å². The Morgan fingerprint density at radius 2 is 2.00 bits per heavy atom. The molecule has 1 aromatic carbocycles. The van der Waals surface area contributed by atoms with Crippen LogP contribution in [0.15, 0.2) is 28.5 Å². The Hall–Kier alpha value is -1.28. The van der Waals surface area contributed by atoms with Crippen molar-refractivity contribution < 1.29 is 8.42 Å². The number of nitrogens with zero attached hydrogens (tertiary/aromatic N) is 2. The molecule has 0 saturated heterocycles. The van der Waals surface area contributed by atoms with Crippen LogP contribution in [0.4, 0.5) is 0 Å². The molecule has 5 nitrogen and oxygen atoms in total. The van der Waals surface area contributed by atoms with Gasteiger partial charge in [0.1, 0.15) is 0 Å². The number of nitrogens with one attached hydrogen (secondary N) is 1. The summed E-state index contributed by atoms with van der Waals surface area (Å²) in [4.78, 5) is 6.66. The molecule has 22 heavy (non-hydrogen) atoms. The highest BCUT2D eigenvalue weighted by Gasteiger charge is 2.18. The molecule has 0 spiro atoms. The summed E-state index contributed by atoms with van der Waals surface area (Å²) in [5.41, 5.74) is 2.36. The van der Waals surface area contributed by atoms with Crippen LogP contribution in [0.5, 0.6) is 0 Å². The molecule has 1 N–H and O–H groups in total. The third-order valence-electron chi connectivity index (χ3n) is 3.24. The number of aromatic nitrogens is 1. The van der Waals surface area contributed by atoms with Crippen LogP contribution in [0.3, 0.4) is 0 Å². The van der Waals surface area contributed by atoms with E-state index in [1.54, 1.807) is 24.3 Å². The Morgan fingerprint density at radius 1 is 1.27 bits per heavy atom. The van der Waals surface area contributed by atoms with Crippen molar-refractivity contribution in [1.82, 2.24) is 14.6 Å². The van der Waals surface area contributed by atoms with Crippen LogP contribution < -0.4 is 4.72 Å². The number of rotatable bonds is 6. The number of aryl methyl sites for hydroxylation is 2. The van der Waals surface area contributed by atoms with Crippen LogP contribution in [0.1, 0.15) is 10.6 Å². The standard InChI is InChI=1S/C15H21N3O2S2/c1-11-5-6-13(14-10-21-12(2)17-14)9-15(11)22(19,20)16-7-8-18(3)4/h5-6,9-10,16H,7-8H2,1-4H3. The van der Waals surface area contributed by atoms with Crippen LogP contribution >= 0.6 is 11.3 Å². The summed E-state index contributed by atoms with van der Waals surface area (Å²) in [7, 11) is 0.304. The molecule has 0 bridgehead atoms. The van der Waals surface area contributed by atoms with Gasteiger partial charge in [0.25, 0.3) is 0 Å². The highest BCUT2D eigenvalue weighted by atomic mass is 32.2. The van der Waals surface area contributed by atoms with Crippen molar-refractivity contribution in [3.05, 3.63) is 34.2 Å². The average molecular weight is 339 g/mol. The van der Waals surface area contributed by atoms with E-state index in [-0.39, 0.29) is 0 Å². The lowest BCUT2D eigenvalue weighted by atomic mass is 10.1. The second-order valence-corrected chi connectivity index (χ2v) is 8.23. The van der Waals surface area contributed by atoms with Gasteiger partial charge in [0.2, 0.25) is 10.0 Å². The number of hydrogen-bond donors (Lipinski definition) is 1. The molecule has 7 heteroatoms. The molecule has 0 aliphatic heterocycles. The van der Waals surface area contributed by atoms with E-state index in [0.717, 1.165) is 21.8 Å². The average Bonchev–Trinajstić information content (AvgIpc) is 2.85. The summed E-state index contributed by atoms with van der Waals surface area (Å²) in [6.07, 6.45) is 0. The SMILES string of the molecule is Cc1nc(-c2ccc(C)c(S(=O)(=O)NCCN(C)C)c2)cs1. The molecule has 0 radical (unpaired) electrons. The highest BCUT2D eigenvalue weighted by molar-refractivity contribution is 7.89. The van der Waals surface area contributed by atoms with Gasteiger partial charge in [-0.1, -0.05) is 12.1 Å². The van der Waals surface area contributed by atoms with Crippen molar-refractivity contribution in [2.45, 2.75) is 18.7 Å². The van der Waals surface area contributed by atoms with E-state index in [1.807, 2.05) is 43.4 Å². The predicted molar refractivity (Wildman–Crippen MR) is 90.8 cm³/mol. The molecule has 0 aliphatic rings. The van der Waals surface area contributed by atoms with Gasteiger partial charge >= 0.3 is 0 Å². The quantitative estimate of drug-likeness (QED) is 0.877. The largest absolute Gasteiger partial charge is 0.308 e. The smallest absolute Gasteiger partial charge is 0.240 e. The van der Waals surface area contributed by atoms with Crippen LogP contribution in [-0.2, 0) is 10.0 Å². The lowest BCUT2D eigenvalue weighted by molar-refractivity contribution is 0.412. The third kappa shape index (κ3) is 4.13. The van der Waals surface area contributed by atoms with Crippen molar-refractivity contribution in [2.75, 3.05) is 27.2 Å². The Balaban J connectivity index is 2.30. The Kier molecular flexibility index (Phi) is 5.33. The summed E-state index contributed by atoms with van der Waals surface area (Å²) in [6.45, 7) is 4.78. The second-order valence-electron chi connectivity index (χ2n) is 5.43. The molecule has 1 aromatic heterocycles. The lowest BCUT2D eigenvalue weighted by Crippen LogP contribution is -2.31. The fraction of sp³-hybridized carbons (Fsp3) is 0.400. The molecular weight excluding hydrogens is 318 g/mol. The molecule has 0 aliphatic carbocycles. The number of likely N-dealkylation sites (N-methyl/N-ethyl adjacent to an activating group) is 1. The van der Waals surface area contributed by atoms with Crippen LogP contribution in [0.2, 0.25) is 0 Å². The van der Waals surface area contributed by atoms with Gasteiger partial charge in [-0.25, -0.2) is 18.1 Å². The maximum absolute atomic E-state index is 12.5. The van der Waals surface area contributed by atoms with E-state index >= 15 is 0 Å². The number of hydrogen-bond acceptors (Lipinski definition) is 5. The van der Waals surface area contributed by atoms with Crippen LogP contribution in [-0.4, -0.2) is 45.5 Å². The first-order valence-corrected chi connectivity index (χ1v) is 9.33. The Morgan fingerprint density at radius 3 is 2.59 bits per heavy atom. The van der Waals surface area contributed by atoms with Gasteiger partial charge < -0.3 is 4.90 Å². The number of benzene rings is 1. The minimum atomic E-state index is -3.51. The maximum Gasteiger partial charge on any atom is 0.240 e. The van der Waals surface area contributed by atoms with E-state index in [1.165, 1.54) is 0 Å². The first-order chi connectivity index (χ1) is 10.3. The third-order valence-corrected chi connectivity index (χ3v) is 5.62. The van der Waals surface area contributed by atoms with Gasteiger partial charge in [-0.05, 0) is 39.6 Å². The summed E-state index contributed by atoms with van der Waals surface area (Å²) in [5, 5.41) is 2.90. The summed E-state index contributed by atoms with van der Waals surface area (Å²) in [6, 6.07) is 5.43. The van der Waals surface area contributed by atoms with Crippen molar-refractivity contribution in [3.63, 3.8) is 0 Å². The zero-order valence-corrected chi connectivity index (χ0v) is 14.9. The van der Waals surface area contributed by atoms with E-state index in [4.69, 9.17) is 0 Å². The van der Waals surface area contributed by atoms with Crippen molar-refractivity contribution in [2.24, 2.45) is 0 Å². The zero-order valence-electron chi connectivity index (χ0n) is 13.3. The minimum Gasteiger partial charge on any atom is -0.308 e. The molecular formula is C15H21N3O2S2. The number of thiazole rings is 1. The maximum atomic E-state index is 12.5.